The zero-order chi connectivity index (χ0) is 17.6. The lowest BCUT2D eigenvalue weighted by Gasteiger charge is -2.12. The highest BCUT2D eigenvalue weighted by molar-refractivity contribution is 5.93. The smallest absolute Gasteiger partial charge is 0.254 e. The van der Waals surface area contributed by atoms with E-state index in [1.807, 2.05) is 30.3 Å². The highest BCUT2D eigenvalue weighted by atomic mass is 16.5. The normalized spacial score (nSPS) is 11.8. The summed E-state index contributed by atoms with van der Waals surface area (Å²) in [5, 5.41) is 17.1. The van der Waals surface area contributed by atoms with Crippen LogP contribution in [0.3, 0.4) is 0 Å². The average Bonchev–Trinajstić information content (AvgIpc) is 3.17. The summed E-state index contributed by atoms with van der Waals surface area (Å²) in [4.78, 5) is 12.2. The zero-order valence-corrected chi connectivity index (χ0v) is 13.8. The highest BCUT2D eigenvalue weighted by Crippen LogP contribution is 2.17. The van der Waals surface area contributed by atoms with Crippen molar-refractivity contribution >= 4 is 5.91 Å². The molecule has 0 bridgehead atoms. The predicted octanol–water partition coefficient (Wildman–Crippen LogP) is 2.34. The Morgan fingerprint density at radius 3 is 2.60 bits per heavy atom. The number of benzene rings is 2. The summed E-state index contributed by atoms with van der Waals surface area (Å²) in [6.07, 6.45) is 2.37. The first-order chi connectivity index (χ1) is 12.2. The predicted molar refractivity (Wildman–Crippen MR) is 93.9 cm³/mol. The number of nitrogens with zero attached hydrogens (tertiary/aromatic N) is 2. The van der Waals surface area contributed by atoms with Crippen LogP contribution in [0.5, 0.6) is 5.75 Å². The van der Waals surface area contributed by atoms with Crippen molar-refractivity contribution in [3.63, 3.8) is 0 Å². The molecule has 1 amide bonds. The van der Waals surface area contributed by atoms with Gasteiger partial charge >= 0.3 is 0 Å². The second kappa shape index (κ2) is 7.63. The quantitative estimate of drug-likeness (QED) is 0.724. The minimum Gasteiger partial charge on any atom is -0.497 e. The minimum atomic E-state index is -0.793. The number of aromatic nitrogens is 2. The third kappa shape index (κ3) is 4.05. The molecule has 0 radical (unpaired) electrons. The van der Waals surface area contributed by atoms with E-state index >= 15 is 0 Å². The molecule has 0 fully saturated rings. The van der Waals surface area contributed by atoms with Gasteiger partial charge in [-0.1, -0.05) is 30.3 Å². The van der Waals surface area contributed by atoms with Crippen LogP contribution in [-0.2, 0) is 0 Å². The van der Waals surface area contributed by atoms with Crippen molar-refractivity contribution in [1.29, 1.82) is 0 Å². The fourth-order valence-electron chi connectivity index (χ4n) is 2.40. The van der Waals surface area contributed by atoms with Gasteiger partial charge in [-0.05, 0) is 29.8 Å². The van der Waals surface area contributed by atoms with E-state index in [9.17, 15) is 9.90 Å². The SMILES string of the molecule is COc1ccc(C(O)CNC(=O)c2cnn(-c3ccccc3)c2)cc1. The second-order valence-electron chi connectivity index (χ2n) is 5.51. The van der Waals surface area contributed by atoms with Crippen LogP contribution in [0.2, 0.25) is 0 Å². The third-order valence-electron chi connectivity index (χ3n) is 3.82. The molecule has 0 saturated heterocycles. The summed E-state index contributed by atoms with van der Waals surface area (Å²) < 4.78 is 6.72. The van der Waals surface area contributed by atoms with E-state index in [0.29, 0.717) is 16.9 Å². The van der Waals surface area contributed by atoms with Crippen LogP contribution in [0, 0.1) is 0 Å². The van der Waals surface area contributed by atoms with Gasteiger partial charge in [0.2, 0.25) is 0 Å². The molecule has 0 saturated carbocycles. The molecule has 6 nitrogen and oxygen atoms in total. The maximum atomic E-state index is 12.2. The number of hydrogen-bond acceptors (Lipinski definition) is 4. The number of rotatable bonds is 6. The van der Waals surface area contributed by atoms with Crippen LogP contribution in [0.4, 0.5) is 0 Å². The van der Waals surface area contributed by atoms with Gasteiger partial charge in [-0.25, -0.2) is 4.68 Å². The third-order valence-corrected chi connectivity index (χ3v) is 3.82. The molecule has 2 aromatic carbocycles. The number of methoxy groups -OCH3 is 1. The van der Waals surface area contributed by atoms with Gasteiger partial charge in [-0.3, -0.25) is 4.79 Å². The van der Waals surface area contributed by atoms with E-state index in [2.05, 4.69) is 10.4 Å². The lowest BCUT2D eigenvalue weighted by molar-refractivity contribution is 0.0916. The van der Waals surface area contributed by atoms with Crippen molar-refractivity contribution in [3.05, 3.63) is 78.1 Å². The van der Waals surface area contributed by atoms with Crippen LogP contribution in [0.25, 0.3) is 5.69 Å². The molecule has 0 aliphatic rings. The summed E-state index contributed by atoms with van der Waals surface area (Å²) >= 11 is 0. The van der Waals surface area contributed by atoms with Gasteiger partial charge < -0.3 is 15.2 Å². The number of carbonyl (C=O) groups excluding carboxylic acids is 1. The topological polar surface area (TPSA) is 76.4 Å². The fraction of sp³-hybridized carbons (Fsp3) is 0.158. The van der Waals surface area contributed by atoms with Gasteiger partial charge in [0.05, 0.1) is 30.7 Å². The number of amides is 1. The second-order valence-corrected chi connectivity index (χ2v) is 5.51. The van der Waals surface area contributed by atoms with Crippen molar-refractivity contribution in [2.24, 2.45) is 0 Å². The monoisotopic (exact) mass is 337 g/mol. The molecule has 6 heteroatoms. The molecule has 0 aliphatic heterocycles. The molecule has 2 N–H and O–H groups in total. The Balaban J connectivity index is 1.59. The van der Waals surface area contributed by atoms with E-state index in [1.165, 1.54) is 6.20 Å². The standard InChI is InChI=1S/C19H19N3O3/c1-25-17-9-7-14(8-10-17)18(23)12-20-19(24)15-11-21-22(13-15)16-5-3-2-4-6-16/h2-11,13,18,23H,12H2,1H3,(H,20,24). The van der Waals surface area contributed by atoms with Crippen molar-refractivity contribution in [1.82, 2.24) is 15.1 Å². The molecule has 1 atom stereocenters. The van der Waals surface area contributed by atoms with Crippen LogP contribution in [0.15, 0.2) is 67.0 Å². The Labute approximate surface area is 145 Å². The van der Waals surface area contributed by atoms with Crippen molar-refractivity contribution < 1.29 is 14.6 Å². The van der Waals surface area contributed by atoms with Crippen molar-refractivity contribution in [2.75, 3.05) is 13.7 Å². The Hall–Kier alpha value is -3.12. The molecule has 25 heavy (non-hydrogen) atoms. The zero-order valence-electron chi connectivity index (χ0n) is 13.8. The van der Waals surface area contributed by atoms with E-state index in [4.69, 9.17) is 4.74 Å². The van der Waals surface area contributed by atoms with Crippen LogP contribution in [-0.4, -0.2) is 34.4 Å². The summed E-state index contributed by atoms with van der Waals surface area (Å²) in [5.74, 6) is 0.433. The maximum absolute atomic E-state index is 12.2. The molecule has 3 aromatic rings. The number of aliphatic hydroxyl groups excluding tert-OH is 1. The molecule has 128 valence electrons. The van der Waals surface area contributed by atoms with E-state index in [-0.39, 0.29) is 12.5 Å². The lowest BCUT2D eigenvalue weighted by Crippen LogP contribution is -2.28. The van der Waals surface area contributed by atoms with Gasteiger partial charge in [-0.2, -0.15) is 5.10 Å². The minimum absolute atomic E-state index is 0.113. The van der Waals surface area contributed by atoms with Gasteiger partial charge in [0.15, 0.2) is 0 Å². The molecule has 1 aromatic heterocycles. The Kier molecular flexibility index (Phi) is 5.11. The first-order valence-electron chi connectivity index (χ1n) is 7.87. The molecule has 0 aliphatic carbocycles. The average molecular weight is 337 g/mol. The van der Waals surface area contributed by atoms with Crippen LogP contribution >= 0.6 is 0 Å². The first kappa shape index (κ1) is 16.7. The Morgan fingerprint density at radius 1 is 1.20 bits per heavy atom. The summed E-state index contributed by atoms with van der Waals surface area (Å²) in [6.45, 7) is 0.113. The first-order valence-corrected chi connectivity index (χ1v) is 7.87. The van der Waals surface area contributed by atoms with Crippen molar-refractivity contribution in [2.45, 2.75) is 6.10 Å². The number of para-hydroxylation sites is 1. The Morgan fingerprint density at radius 2 is 1.92 bits per heavy atom. The molecule has 1 unspecified atom stereocenters. The maximum Gasteiger partial charge on any atom is 0.254 e. The largest absolute Gasteiger partial charge is 0.497 e. The summed E-state index contributed by atoms with van der Waals surface area (Å²) in [7, 11) is 1.58. The van der Waals surface area contributed by atoms with Gasteiger partial charge in [0.25, 0.3) is 5.91 Å². The number of aliphatic hydroxyl groups is 1. The lowest BCUT2D eigenvalue weighted by atomic mass is 10.1. The summed E-state index contributed by atoms with van der Waals surface area (Å²) in [6, 6.07) is 16.6. The molecular weight excluding hydrogens is 318 g/mol. The van der Waals surface area contributed by atoms with E-state index in [1.54, 1.807) is 42.3 Å². The van der Waals surface area contributed by atoms with Crippen LogP contribution in [0.1, 0.15) is 22.0 Å². The molecule has 1 heterocycles. The Bertz CT molecular complexity index is 829. The van der Waals surface area contributed by atoms with Gasteiger partial charge in [0, 0.05) is 12.7 Å². The number of hydrogen-bond donors (Lipinski definition) is 2. The van der Waals surface area contributed by atoms with Crippen LogP contribution < -0.4 is 10.1 Å². The molecular formula is C19H19N3O3. The molecule has 0 spiro atoms. The highest BCUT2D eigenvalue weighted by Gasteiger charge is 2.13. The summed E-state index contributed by atoms with van der Waals surface area (Å²) in [5.41, 5.74) is 2.02. The number of nitrogens with one attached hydrogen (secondary N) is 1. The fourth-order valence-corrected chi connectivity index (χ4v) is 2.40. The van der Waals surface area contributed by atoms with E-state index in [0.717, 1.165) is 5.69 Å². The van der Waals surface area contributed by atoms with Gasteiger partial charge in [0.1, 0.15) is 5.75 Å². The van der Waals surface area contributed by atoms with Gasteiger partial charge in [-0.15, -0.1) is 0 Å². The molecule has 3 rings (SSSR count). The number of ether oxygens (including phenoxy) is 1. The van der Waals surface area contributed by atoms with Crippen molar-refractivity contribution in [3.8, 4) is 11.4 Å². The number of carbonyl (C=O) groups is 1. The van der Waals surface area contributed by atoms with E-state index < -0.39 is 6.10 Å².